The summed E-state index contributed by atoms with van der Waals surface area (Å²) in [5.41, 5.74) is 6.49. The molecule has 1 aliphatic carbocycles. The topological polar surface area (TPSA) is 38.7 Å². The zero-order valence-electron chi connectivity index (χ0n) is 12.8. The summed E-state index contributed by atoms with van der Waals surface area (Å²) in [6.07, 6.45) is 1.78. The monoisotopic (exact) mass is 287 g/mol. The molecule has 1 aliphatic rings. The standard InChI is InChI=1S/C19H17N3/c1-3-18-20-12(2)21-19(22-18)16-10-6-9-15-14-8-5-4-7-13(14)11-17(15)16/h4-10H,3,11H2,1-2H3. The number of hydrogen-bond donors (Lipinski definition) is 0. The molecule has 1 aromatic heterocycles. The van der Waals surface area contributed by atoms with Crippen LogP contribution in [0.15, 0.2) is 42.5 Å². The summed E-state index contributed by atoms with van der Waals surface area (Å²) in [7, 11) is 0. The van der Waals surface area contributed by atoms with E-state index in [0.717, 1.165) is 35.9 Å². The Morgan fingerprint density at radius 3 is 2.50 bits per heavy atom. The van der Waals surface area contributed by atoms with Gasteiger partial charge in [0.05, 0.1) is 0 Å². The summed E-state index contributed by atoms with van der Waals surface area (Å²) >= 11 is 0. The normalized spacial score (nSPS) is 12.1. The van der Waals surface area contributed by atoms with Gasteiger partial charge in [0, 0.05) is 12.0 Å². The quantitative estimate of drug-likeness (QED) is 0.559. The third-order valence-corrected chi connectivity index (χ3v) is 4.20. The molecule has 0 unspecified atom stereocenters. The van der Waals surface area contributed by atoms with Crippen molar-refractivity contribution in [2.75, 3.05) is 0 Å². The van der Waals surface area contributed by atoms with Crippen LogP contribution < -0.4 is 0 Å². The second-order valence-corrected chi connectivity index (χ2v) is 5.64. The van der Waals surface area contributed by atoms with Crippen molar-refractivity contribution in [1.82, 2.24) is 15.0 Å². The first-order valence-corrected chi connectivity index (χ1v) is 7.68. The maximum atomic E-state index is 4.64. The van der Waals surface area contributed by atoms with Gasteiger partial charge in [-0.15, -0.1) is 0 Å². The molecule has 1 heterocycles. The largest absolute Gasteiger partial charge is 0.218 e. The highest BCUT2D eigenvalue weighted by Gasteiger charge is 2.22. The van der Waals surface area contributed by atoms with E-state index >= 15 is 0 Å². The van der Waals surface area contributed by atoms with Crippen molar-refractivity contribution in [2.45, 2.75) is 26.7 Å². The van der Waals surface area contributed by atoms with Crippen LogP contribution in [0.4, 0.5) is 0 Å². The van der Waals surface area contributed by atoms with E-state index in [9.17, 15) is 0 Å². The molecular formula is C19H17N3. The van der Waals surface area contributed by atoms with E-state index in [1.54, 1.807) is 0 Å². The Morgan fingerprint density at radius 1 is 0.864 bits per heavy atom. The van der Waals surface area contributed by atoms with Crippen molar-refractivity contribution < 1.29 is 0 Å². The summed E-state index contributed by atoms with van der Waals surface area (Å²) in [5.74, 6) is 2.44. The predicted octanol–water partition coefficient (Wildman–Crippen LogP) is 3.98. The molecule has 3 aromatic rings. The average Bonchev–Trinajstić information content (AvgIpc) is 2.92. The van der Waals surface area contributed by atoms with E-state index in [0.29, 0.717) is 0 Å². The van der Waals surface area contributed by atoms with E-state index in [1.807, 2.05) is 6.92 Å². The van der Waals surface area contributed by atoms with Crippen LogP contribution in [0.1, 0.15) is 29.7 Å². The van der Waals surface area contributed by atoms with Crippen LogP contribution in [-0.4, -0.2) is 15.0 Å². The third kappa shape index (κ3) is 2.01. The molecule has 0 spiro atoms. The van der Waals surface area contributed by atoms with Gasteiger partial charge in [-0.1, -0.05) is 49.4 Å². The van der Waals surface area contributed by atoms with Gasteiger partial charge in [0.1, 0.15) is 11.6 Å². The summed E-state index contributed by atoms with van der Waals surface area (Å²) in [5, 5.41) is 0. The molecular weight excluding hydrogens is 270 g/mol. The number of hydrogen-bond acceptors (Lipinski definition) is 3. The zero-order chi connectivity index (χ0) is 15.1. The SMILES string of the molecule is CCc1nc(C)nc(-c2cccc3c2Cc2ccccc2-3)n1. The minimum absolute atomic E-state index is 0.787. The van der Waals surface area contributed by atoms with Gasteiger partial charge < -0.3 is 0 Å². The smallest absolute Gasteiger partial charge is 0.163 e. The van der Waals surface area contributed by atoms with Gasteiger partial charge in [-0.2, -0.15) is 0 Å². The molecule has 22 heavy (non-hydrogen) atoms. The second-order valence-electron chi connectivity index (χ2n) is 5.64. The molecule has 0 radical (unpaired) electrons. The van der Waals surface area contributed by atoms with Crippen molar-refractivity contribution in [3.8, 4) is 22.5 Å². The summed E-state index contributed by atoms with van der Waals surface area (Å²) < 4.78 is 0. The predicted molar refractivity (Wildman–Crippen MR) is 87.6 cm³/mol. The molecule has 3 heteroatoms. The van der Waals surface area contributed by atoms with Crippen LogP contribution >= 0.6 is 0 Å². The molecule has 0 saturated heterocycles. The highest BCUT2D eigenvalue weighted by atomic mass is 15.0. The van der Waals surface area contributed by atoms with Crippen molar-refractivity contribution in [1.29, 1.82) is 0 Å². The molecule has 0 aliphatic heterocycles. The van der Waals surface area contributed by atoms with E-state index in [2.05, 4.69) is 64.3 Å². The van der Waals surface area contributed by atoms with E-state index in [1.165, 1.54) is 22.3 Å². The van der Waals surface area contributed by atoms with E-state index < -0.39 is 0 Å². The molecule has 3 nitrogen and oxygen atoms in total. The Morgan fingerprint density at radius 2 is 1.64 bits per heavy atom. The lowest BCUT2D eigenvalue weighted by Crippen LogP contribution is -2.03. The van der Waals surface area contributed by atoms with Crippen LogP contribution in [0.3, 0.4) is 0 Å². The molecule has 108 valence electrons. The number of benzene rings is 2. The lowest BCUT2D eigenvalue weighted by Gasteiger charge is -2.09. The van der Waals surface area contributed by atoms with Gasteiger partial charge in [0.25, 0.3) is 0 Å². The highest BCUT2D eigenvalue weighted by molar-refractivity contribution is 5.83. The van der Waals surface area contributed by atoms with Crippen LogP contribution in [0.2, 0.25) is 0 Å². The Kier molecular flexibility index (Phi) is 3.00. The van der Waals surface area contributed by atoms with Gasteiger partial charge in [-0.05, 0) is 35.6 Å². The maximum Gasteiger partial charge on any atom is 0.163 e. The average molecular weight is 287 g/mol. The van der Waals surface area contributed by atoms with Crippen LogP contribution in [0, 0.1) is 6.92 Å². The molecule has 0 bridgehead atoms. The Hall–Kier alpha value is -2.55. The van der Waals surface area contributed by atoms with Gasteiger partial charge in [0.15, 0.2) is 5.82 Å². The van der Waals surface area contributed by atoms with Gasteiger partial charge >= 0.3 is 0 Å². The van der Waals surface area contributed by atoms with E-state index in [4.69, 9.17) is 0 Å². The summed E-state index contributed by atoms with van der Waals surface area (Å²) in [6, 6.07) is 15.0. The first kappa shape index (κ1) is 13.1. The van der Waals surface area contributed by atoms with Crippen molar-refractivity contribution in [3.05, 3.63) is 65.2 Å². The van der Waals surface area contributed by atoms with Gasteiger partial charge in [-0.25, -0.2) is 15.0 Å². The Balaban J connectivity index is 1.91. The van der Waals surface area contributed by atoms with Crippen LogP contribution in [-0.2, 0) is 12.8 Å². The highest BCUT2D eigenvalue weighted by Crippen LogP contribution is 2.40. The molecule has 4 rings (SSSR count). The lowest BCUT2D eigenvalue weighted by molar-refractivity contribution is 0.868. The fourth-order valence-corrected chi connectivity index (χ4v) is 3.18. The fraction of sp³-hybridized carbons (Fsp3) is 0.211. The number of fused-ring (bicyclic) bond motifs is 3. The molecule has 0 fully saturated rings. The second kappa shape index (κ2) is 5.02. The van der Waals surface area contributed by atoms with Crippen molar-refractivity contribution >= 4 is 0 Å². The molecule has 0 atom stereocenters. The first-order valence-electron chi connectivity index (χ1n) is 7.68. The summed E-state index contributed by atoms with van der Waals surface area (Å²) in [6.45, 7) is 4.01. The first-order chi connectivity index (χ1) is 10.8. The molecule has 0 amide bonds. The molecule has 0 N–H and O–H groups in total. The lowest BCUT2D eigenvalue weighted by atomic mass is 10.0. The number of rotatable bonds is 2. The van der Waals surface area contributed by atoms with Gasteiger partial charge in [-0.3, -0.25) is 0 Å². The third-order valence-electron chi connectivity index (χ3n) is 4.20. The van der Waals surface area contributed by atoms with Crippen LogP contribution in [0.25, 0.3) is 22.5 Å². The van der Waals surface area contributed by atoms with E-state index in [-0.39, 0.29) is 0 Å². The molecule has 0 saturated carbocycles. The zero-order valence-corrected chi connectivity index (χ0v) is 12.8. The minimum atomic E-state index is 0.787. The molecule has 2 aromatic carbocycles. The Labute approximate surface area is 130 Å². The van der Waals surface area contributed by atoms with Crippen molar-refractivity contribution in [2.24, 2.45) is 0 Å². The number of aromatic nitrogens is 3. The van der Waals surface area contributed by atoms with Gasteiger partial charge in [0.2, 0.25) is 0 Å². The summed E-state index contributed by atoms with van der Waals surface area (Å²) in [4.78, 5) is 13.6. The fourth-order valence-electron chi connectivity index (χ4n) is 3.18. The maximum absolute atomic E-state index is 4.64. The van der Waals surface area contributed by atoms with Crippen molar-refractivity contribution in [3.63, 3.8) is 0 Å². The number of aryl methyl sites for hydroxylation is 2. The minimum Gasteiger partial charge on any atom is -0.218 e. The van der Waals surface area contributed by atoms with Crippen LogP contribution in [0.5, 0.6) is 0 Å². The Bertz CT molecular complexity index is 868. The number of nitrogens with zero attached hydrogens (tertiary/aromatic N) is 3.